The Morgan fingerprint density at radius 1 is 1.17 bits per heavy atom. The van der Waals surface area contributed by atoms with E-state index in [1.54, 1.807) is 0 Å². The second-order valence-electron chi connectivity index (χ2n) is 3.50. The van der Waals surface area contributed by atoms with Crippen LogP contribution in [0.5, 0.6) is 11.5 Å². The van der Waals surface area contributed by atoms with Crippen molar-refractivity contribution in [2.75, 3.05) is 0 Å². The fourth-order valence-corrected chi connectivity index (χ4v) is 1.55. The molecule has 0 aliphatic heterocycles. The van der Waals surface area contributed by atoms with Crippen molar-refractivity contribution >= 4 is 17.6 Å². The van der Waals surface area contributed by atoms with Crippen LogP contribution in [0.3, 0.4) is 0 Å². The first kappa shape index (κ1) is 12.4. The summed E-state index contributed by atoms with van der Waals surface area (Å²) >= 11 is 5.78. The topological polar surface area (TPSA) is 46.5 Å². The highest BCUT2D eigenvalue weighted by atomic mass is 35.5. The minimum atomic E-state index is -1.12. The Hall–Kier alpha value is -2.07. The van der Waals surface area contributed by atoms with Crippen molar-refractivity contribution in [3.8, 4) is 11.5 Å². The molecule has 18 heavy (non-hydrogen) atoms. The summed E-state index contributed by atoms with van der Waals surface area (Å²) in [5.41, 5.74) is -0.0104. The van der Waals surface area contributed by atoms with Crippen molar-refractivity contribution in [2.24, 2.45) is 0 Å². The lowest BCUT2D eigenvalue weighted by atomic mass is 10.2. The molecule has 0 aliphatic carbocycles. The number of ether oxygens (including phenoxy) is 1. The maximum Gasteiger partial charge on any atom is 0.339 e. The molecule has 0 aliphatic rings. The molecule has 0 unspecified atom stereocenters. The molecule has 0 fully saturated rings. The van der Waals surface area contributed by atoms with E-state index >= 15 is 0 Å². The molecule has 0 bridgehead atoms. The van der Waals surface area contributed by atoms with Crippen LogP contribution in [0.15, 0.2) is 42.5 Å². The summed E-state index contributed by atoms with van der Waals surface area (Å²) in [5, 5.41) is 9.35. The van der Waals surface area contributed by atoms with Gasteiger partial charge in [-0.3, -0.25) is 0 Å². The second-order valence-corrected chi connectivity index (χ2v) is 3.94. The number of carboxylic acid groups (broad SMARTS) is 1. The SMILES string of the molecule is O=C(O)c1ccc(Cl)cc1Oc1ccc(F)cc1. The molecule has 2 aromatic carbocycles. The predicted octanol–water partition coefficient (Wildman–Crippen LogP) is 3.97. The van der Waals surface area contributed by atoms with E-state index in [1.165, 1.54) is 42.5 Å². The van der Waals surface area contributed by atoms with Crippen LogP contribution >= 0.6 is 11.6 Å². The second kappa shape index (κ2) is 5.06. The van der Waals surface area contributed by atoms with Gasteiger partial charge in [0.05, 0.1) is 0 Å². The largest absolute Gasteiger partial charge is 0.478 e. The van der Waals surface area contributed by atoms with E-state index in [2.05, 4.69) is 0 Å². The summed E-state index contributed by atoms with van der Waals surface area (Å²) in [6.07, 6.45) is 0. The summed E-state index contributed by atoms with van der Waals surface area (Å²) in [6, 6.07) is 9.46. The van der Waals surface area contributed by atoms with E-state index < -0.39 is 11.8 Å². The molecule has 3 nitrogen and oxygen atoms in total. The van der Waals surface area contributed by atoms with E-state index in [-0.39, 0.29) is 11.3 Å². The average Bonchev–Trinajstić information content (AvgIpc) is 2.32. The van der Waals surface area contributed by atoms with Crippen LogP contribution in [-0.2, 0) is 0 Å². The van der Waals surface area contributed by atoms with Gasteiger partial charge in [-0.1, -0.05) is 11.6 Å². The van der Waals surface area contributed by atoms with Gasteiger partial charge in [-0.2, -0.15) is 0 Å². The lowest BCUT2D eigenvalue weighted by molar-refractivity contribution is 0.0694. The van der Waals surface area contributed by atoms with Crippen molar-refractivity contribution in [2.45, 2.75) is 0 Å². The highest BCUT2D eigenvalue weighted by Gasteiger charge is 2.12. The zero-order valence-electron chi connectivity index (χ0n) is 9.06. The number of rotatable bonds is 3. The summed E-state index contributed by atoms with van der Waals surface area (Å²) in [5.74, 6) is -1.07. The zero-order chi connectivity index (χ0) is 13.1. The van der Waals surface area contributed by atoms with Gasteiger partial charge in [-0.25, -0.2) is 9.18 Å². The van der Waals surface area contributed by atoms with Gasteiger partial charge in [0.25, 0.3) is 0 Å². The van der Waals surface area contributed by atoms with Crippen molar-refractivity contribution in [1.29, 1.82) is 0 Å². The molecule has 0 saturated heterocycles. The molecule has 92 valence electrons. The first-order valence-electron chi connectivity index (χ1n) is 5.02. The third-order valence-corrected chi connectivity index (χ3v) is 2.45. The molecule has 1 N–H and O–H groups in total. The normalized spacial score (nSPS) is 10.1. The summed E-state index contributed by atoms with van der Waals surface area (Å²) < 4.78 is 18.1. The van der Waals surface area contributed by atoms with Crippen LogP contribution in [-0.4, -0.2) is 11.1 Å². The predicted molar refractivity (Wildman–Crippen MR) is 64.9 cm³/mol. The monoisotopic (exact) mass is 266 g/mol. The van der Waals surface area contributed by atoms with Gasteiger partial charge in [-0.15, -0.1) is 0 Å². The van der Waals surface area contributed by atoms with Gasteiger partial charge in [0.15, 0.2) is 0 Å². The Morgan fingerprint density at radius 2 is 1.83 bits per heavy atom. The minimum Gasteiger partial charge on any atom is -0.478 e. The van der Waals surface area contributed by atoms with Crippen LogP contribution in [0, 0.1) is 5.82 Å². The van der Waals surface area contributed by atoms with E-state index in [0.29, 0.717) is 10.8 Å². The van der Waals surface area contributed by atoms with Crippen LogP contribution in [0.25, 0.3) is 0 Å². The highest BCUT2D eigenvalue weighted by molar-refractivity contribution is 6.30. The standard InChI is InChI=1S/C13H8ClFO3/c14-8-1-6-11(13(16)17)12(7-8)18-10-4-2-9(15)3-5-10/h1-7H,(H,16,17). The fourth-order valence-electron chi connectivity index (χ4n) is 1.39. The third kappa shape index (κ3) is 2.78. The van der Waals surface area contributed by atoms with Crippen LogP contribution in [0.4, 0.5) is 4.39 Å². The van der Waals surface area contributed by atoms with Crippen LogP contribution in [0.2, 0.25) is 5.02 Å². The molecular formula is C13H8ClFO3. The van der Waals surface area contributed by atoms with E-state index in [0.717, 1.165) is 0 Å². The summed E-state index contributed by atoms with van der Waals surface area (Å²) in [6.45, 7) is 0. The molecule has 0 heterocycles. The number of aromatic carboxylic acids is 1. The number of hydrogen-bond acceptors (Lipinski definition) is 2. The molecule has 0 atom stereocenters. The molecule has 2 rings (SSSR count). The van der Waals surface area contributed by atoms with E-state index in [1.807, 2.05) is 0 Å². The Labute approximate surface area is 107 Å². The molecule has 2 aromatic rings. The Morgan fingerprint density at radius 3 is 2.44 bits per heavy atom. The van der Waals surface area contributed by atoms with Crippen molar-refractivity contribution in [3.63, 3.8) is 0 Å². The minimum absolute atomic E-state index is 0.0104. The van der Waals surface area contributed by atoms with Crippen molar-refractivity contribution < 1.29 is 19.0 Å². The quantitative estimate of drug-likeness (QED) is 0.914. The zero-order valence-corrected chi connectivity index (χ0v) is 9.82. The first-order chi connectivity index (χ1) is 8.56. The number of carbonyl (C=O) groups is 1. The molecule has 0 radical (unpaired) electrons. The summed E-state index contributed by atoms with van der Waals surface area (Å²) in [4.78, 5) is 11.0. The molecule has 5 heteroatoms. The van der Waals surface area contributed by atoms with Gasteiger partial charge in [0.2, 0.25) is 0 Å². The fraction of sp³-hybridized carbons (Fsp3) is 0. The number of hydrogen-bond donors (Lipinski definition) is 1. The Bertz CT molecular complexity index is 581. The smallest absolute Gasteiger partial charge is 0.339 e. The van der Waals surface area contributed by atoms with Crippen molar-refractivity contribution in [1.82, 2.24) is 0 Å². The van der Waals surface area contributed by atoms with E-state index in [9.17, 15) is 9.18 Å². The van der Waals surface area contributed by atoms with Gasteiger partial charge < -0.3 is 9.84 Å². The third-order valence-electron chi connectivity index (χ3n) is 2.22. The Kier molecular flexibility index (Phi) is 3.48. The molecule has 0 saturated carbocycles. The first-order valence-corrected chi connectivity index (χ1v) is 5.40. The van der Waals surface area contributed by atoms with Gasteiger partial charge in [0, 0.05) is 11.1 Å². The van der Waals surface area contributed by atoms with Crippen LogP contribution < -0.4 is 4.74 Å². The van der Waals surface area contributed by atoms with Crippen LogP contribution in [0.1, 0.15) is 10.4 Å². The van der Waals surface area contributed by atoms with E-state index in [4.69, 9.17) is 21.4 Å². The maximum absolute atomic E-state index is 12.7. The number of carboxylic acids is 1. The van der Waals surface area contributed by atoms with Crippen molar-refractivity contribution in [3.05, 3.63) is 58.9 Å². The van der Waals surface area contributed by atoms with Gasteiger partial charge in [-0.05, 0) is 36.4 Å². The number of halogens is 2. The van der Waals surface area contributed by atoms with Gasteiger partial charge >= 0.3 is 5.97 Å². The lowest BCUT2D eigenvalue weighted by Crippen LogP contribution is -1.99. The average molecular weight is 267 g/mol. The van der Waals surface area contributed by atoms with Gasteiger partial charge in [0.1, 0.15) is 22.9 Å². The molecule has 0 spiro atoms. The molecule has 0 amide bonds. The highest BCUT2D eigenvalue weighted by Crippen LogP contribution is 2.28. The maximum atomic E-state index is 12.7. The number of benzene rings is 2. The Balaban J connectivity index is 2.35. The molecule has 0 aromatic heterocycles. The lowest BCUT2D eigenvalue weighted by Gasteiger charge is -2.08. The molecular weight excluding hydrogens is 259 g/mol. The summed E-state index contributed by atoms with van der Waals surface area (Å²) in [7, 11) is 0.